The van der Waals surface area contributed by atoms with Crippen LogP contribution in [-0.2, 0) is 6.42 Å². The maximum absolute atomic E-state index is 10.4. The Labute approximate surface area is 115 Å². The quantitative estimate of drug-likeness (QED) is 0.859. The van der Waals surface area contributed by atoms with Gasteiger partial charge in [-0.05, 0) is 58.4 Å². The van der Waals surface area contributed by atoms with Gasteiger partial charge in [0.2, 0.25) is 0 Å². The maximum atomic E-state index is 10.4. The fourth-order valence-corrected chi connectivity index (χ4v) is 1.96. The van der Waals surface area contributed by atoms with Crippen molar-refractivity contribution in [3.05, 3.63) is 34.9 Å². The number of halogens is 1. The summed E-state index contributed by atoms with van der Waals surface area (Å²) in [7, 11) is 0. The number of hydrogen-bond acceptors (Lipinski definition) is 2. The van der Waals surface area contributed by atoms with Crippen LogP contribution in [0.3, 0.4) is 0 Å². The molecule has 0 amide bonds. The first kappa shape index (κ1) is 15.5. The largest absolute Gasteiger partial charge is 0.390 e. The van der Waals surface area contributed by atoms with Crippen LogP contribution in [0.15, 0.2) is 24.3 Å². The van der Waals surface area contributed by atoms with Gasteiger partial charge in [0.05, 0.1) is 5.60 Å². The molecule has 0 fully saturated rings. The van der Waals surface area contributed by atoms with Crippen LogP contribution in [0.2, 0.25) is 5.02 Å². The van der Waals surface area contributed by atoms with Crippen LogP contribution >= 0.6 is 11.6 Å². The molecule has 0 aliphatic carbocycles. The first-order valence-corrected chi connectivity index (χ1v) is 6.78. The van der Waals surface area contributed by atoms with E-state index in [9.17, 15) is 5.11 Å². The summed E-state index contributed by atoms with van der Waals surface area (Å²) in [6, 6.07) is 7.66. The summed E-state index contributed by atoms with van der Waals surface area (Å²) in [5.74, 6) is 0. The Hall–Kier alpha value is -0.570. The molecule has 0 aromatic heterocycles. The molecule has 0 spiro atoms. The summed E-state index contributed by atoms with van der Waals surface area (Å²) in [6.45, 7) is 9.07. The van der Waals surface area contributed by atoms with Crippen LogP contribution in [0.25, 0.3) is 0 Å². The molecule has 0 bridgehead atoms. The molecule has 2 N–H and O–H groups in total. The van der Waals surface area contributed by atoms with Crippen molar-refractivity contribution < 1.29 is 5.11 Å². The summed E-state index contributed by atoms with van der Waals surface area (Å²) in [5.41, 5.74) is 0.516. The van der Waals surface area contributed by atoms with E-state index in [4.69, 9.17) is 11.6 Å². The van der Waals surface area contributed by atoms with Gasteiger partial charge < -0.3 is 10.4 Å². The smallest absolute Gasteiger partial charge is 0.0672 e. The van der Waals surface area contributed by atoms with E-state index >= 15 is 0 Å². The molecule has 1 unspecified atom stereocenters. The Morgan fingerprint density at radius 2 is 1.67 bits per heavy atom. The maximum Gasteiger partial charge on any atom is 0.0672 e. The number of benzene rings is 1. The summed E-state index contributed by atoms with van der Waals surface area (Å²) >= 11 is 5.84. The normalized spacial score (nSPS) is 15.4. The van der Waals surface area contributed by atoms with Gasteiger partial charge in [-0.15, -0.1) is 0 Å². The highest BCUT2D eigenvalue weighted by molar-refractivity contribution is 6.30. The lowest BCUT2D eigenvalue weighted by Gasteiger charge is -2.27. The molecule has 0 heterocycles. The van der Waals surface area contributed by atoms with Crippen LogP contribution in [0.4, 0.5) is 0 Å². The van der Waals surface area contributed by atoms with E-state index in [-0.39, 0.29) is 5.54 Å². The topological polar surface area (TPSA) is 32.3 Å². The minimum Gasteiger partial charge on any atom is -0.390 e. The third kappa shape index (κ3) is 6.39. The second kappa shape index (κ2) is 6.05. The molecule has 18 heavy (non-hydrogen) atoms. The first-order valence-electron chi connectivity index (χ1n) is 6.40. The Kier molecular flexibility index (Phi) is 5.20. The van der Waals surface area contributed by atoms with Gasteiger partial charge >= 0.3 is 0 Å². The van der Waals surface area contributed by atoms with Crippen molar-refractivity contribution in [3.8, 4) is 0 Å². The van der Waals surface area contributed by atoms with Crippen LogP contribution in [0.1, 0.15) is 39.7 Å². The third-order valence-electron chi connectivity index (χ3n) is 2.82. The van der Waals surface area contributed by atoms with Gasteiger partial charge in [0.25, 0.3) is 0 Å². The molecular weight excluding hydrogens is 246 g/mol. The molecule has 1 aromatic rings. The van der Waals surface area contributed by atoms with E-state index in [1.807, 2.05) is 31.2 Å². The van der Waals surface area contributed by atoms with Crippen LogP contribution < -0.4 is 5.32 Å². The molecule has 3 heteroatoms. The van der Waals surface area contributed by atoms with Gasteiger partial charge in [0.15, 0.2) is 0 Å². The number of hydrogen-bond donors (Lipinski definition) is 2. The van der Waals surface area contributed by atoms with Crippen molar-refractivity contribution in [1.82, 2.24) is 5.32 Å². The monoisotopic (exact) mass is 269 g/mol. The van der Waals surface area contributed by atoms with Crippen LogP contribution in [0.5, 0.6) is 0 Å². The van der Waals surface area contributed by atoms with E-state index in [2.05, 4.69) is 26.1 Å². The molecule has 102 valence electrons. The van der Waals surface area contributed by atoms with Gasteiger partial charge in [-0.1, -0.05) is 23.7 Å². The number of rotatable bonds is 5. The number of aliphatic hydroxyl groups is 1. The highest BCUT2D eigenvalue weighted by atomic mass is 35.5. The SMILES string of the molecule is CC(O)(CCNC(C)(C)C)Cc1ccc(Cl)cc1. The molecule has 1 atom stereocenters. The highest BCUT2D eigenvalue weighted by Gasteiger charge is 2.21. The number of nitrogens with one attached hydrogen (secondary N) is 1. The summed E-state index contributed by atoms with van der Waals surface area (Å²) in [6.07, 6.45) is 1.38. The van der Waals surface area contributed by atoms with E-state index in [0.717, 1.165) is 23.6 Å². The van der Waals surface area contributed by atoms with E-state index in [1.54, 1.807) is 0 Å². The van der Waals surface area contributed by atoms with Crippen molar-refractivity contribution in [3.63, 3.8) is 0 Å². The summed E-state index contributed by atoms with van der Waals surface area (Å²) in [4.78, 5) is 0. The molecule has 0 radical (unpaired) electrons. The summed E-state index contributed by atoms with van der Waals surface area (Å²) < 4.78 is 0. The standard InChI is InChI=1S/C15H24ClNO/c1-14(2,3)17-10-9-15(4,18)11-12-5-7-13(16)8-6-12/h5-8,17-18H,9-11H2,1-4H3. The van der Waals surface area contributed by atoms with Crippen molar-refractivity contribution in [2.24, 2.45) is 0 Å². The van der Waals surface area contributed by atoms with Crippen LogP contribution in [-0.4, -0.2) is 22.8 Å². The van der Waals surface area contributed by atoms with Gasteiger partial charge in [-0.25, -0.2) is 0 Å². The average molecular weight is 270 g/mol. The van der Waals surface area contributed by atoms with Gasteiger partial charge in [-0.3, -0.25) is 0 Å². The zero-order valence-electron chi connectivity index (χ0n) is 11.8. The fraction of sp³-hybridized carbons (Fsp3) is 0.600. The molecule has 0 aliphatic heterocycles. The van der Waals surface area contributed by atoms with Crippen molar-refractivity contribution >= 4 is 11.6 Å². The molecule has 2 nitrogen and oxygen atoms in total. The zero-order valence-corrected chi connectivity index (χ0v) is 12.5. The van der Waals surface area contributed by atoms with Crippen molar-refractivity contribution in [2.45, 2.75) is 51.7 Å². The van der Waals surface area contributed by atoms with E-state index in [0.29, 0.717) is 6.42 Å². The molecule has 0 saturated carbocycles. The lowest BCUT2D eigenvalue weighted by Crippen LogP contribution is -2.40. The molecule has 0 saturated heterocycles. The van der Waals surface area contributed by atoms with Crippen LogP contribution in [0, 0.1) is 0 Å². The predicted octanol–water partition coefficient (Wildman–Crippen LogP) is 3.41. The molecule has 1 rings (SSSR count). The van der Waals surface area contributed by atoms with E-state index < -0.39 is 5.60 Å². The minimum atomic E-state index is -0.688. The zero-order chi connectivity index (χ0) is 13.8. The predicted molar refractivity (Wildman–Crippen MR) is 78.2 cm³/mol. The van der Waals surface area contributed by atoms with Gasteiger partial charge in [-0.2, -0.15) is 0 Å². The minimum absolute atomic E-state index is 0.0936. The Morgan fingerprint density at radius 3 is 2.17 bits per heavy atom. The summed E-state index contributed by atoms with van der Waals surface area (Å²) in [5, 5.41) is 14.5. The second-order valence-corrected chi connectivity index (χ2v) is 6.66. The van der Waals surface area contributed by atoms with Gasteiger partial charge in [0.1, 0.15) is 0 Å². The van der Waals surface area contributed by atoms with Crippen molar-refractivity contribution in [2.75, 3.05) is 6.54 Å². The average Bonchev–Trinajstić information content (AvgIpc) is 2.18. The Morgan fingerprint density at radius 1 is 1.11 bits per heavy atom. The molecule has 0 aliphatic rings. The molecule has 1 aromatic carbocycles. The first-order chi connectivity index (χ1) is 8.18. The Bertz CT molecular complexity index is 365. The Balaban J connectivity index is 2.46. The third-order valence-corrected chi connectivity index (χ3v) is 3.07. The van der Waals surface area contributed by atoms with E-state index in [1.165, 1.54) is 0 Å². The fourth-order valence-electron chi connectivity index (χ4n) is 1.84. The highest BCUT2D eigenvalue weighted by Crippen LogP contribution is 2.18. The lowest BCUT2D eigenvalue weighted by atomic mass is 9.93. The van der Waals surface area contributed by atoms with Gasteiger partial charge in [0, 0.05) is 17.0 Å². The lowest BCUT2D eigenvalue weighted by molar-refractivity contribution is 0.0499. The van der Waals surface area contributed by atoms with Crippen molar-refractivity contribution in [1.29, 1.82) is 0 Å². The molecular formula is C15H24ClNO. The second-order valence-electron chi connectivity index (χ2n) is 6.23.